The fourth-order valence-electron chi connectivity index (χ4n) is 3.66. The first-order chi connectivity index (χ1) is 12.2. The molecule has 0 radical (unpaired) electrons. The number of hydrogen-bond acceptors (Lipinski definition) is 3. The molecule has 0 saturated carbocycles. The standard InChI is InChI=1S/C22H20O3/c23-13-18-3-1-2-4-19(18)16-6-5-14(11-16)15-7-9-20-17(12-15)8-10-21(20)22(24)25/h1-5,7-12,21-25H,6,13H2. The molecule has 0 fully saturated rings. The van der Waals surface area contributed by atoms with Gasteiger partial charge in [0.05, 0.1) is 12.5 Å². The summed E-state index contributed by atoms with van der Waals surface area (Å²) in [4.78, 5) is 0. The Morgan fingerprint density at radius 1 is 1.08 bits per heavy atom. The van der Waals surface area contributed by atoms with Crippen molar-refractivity contribution >= 4 is 17.2 Å². The highest BCUT2D eigenvalue weighted by Gasteiger charge is 2.23. The Balaban J connectivity index is 1.64. The van der Waals surface area contributed by atoms with Crippen LogP contribution in [0.5, 0.6) is 0 Å². The summed E-state index contributed by atoms with van der Waals surface area (Å²) in [5.74, 6) is -0.343. The second kappa shape index (κ2) is 6.45. The van der Waals surface area contributed by atoms with Crippen LogP contribution in [0.2, 0.25) is 0 Å². The molecule has 4 rings (SSSR count). The normalized spacial score (nSPS) is 18.5. The van der Waals surface area contributed by atoms with Gasteiger partial charge in [0.1, 0.15) is 0 Å². The van der Waals surface area contributed by atoms with Crippen molar-refractivity contribution in [3.63, 3.8) is 0 Å². The first-order valence-electron chi connectivity index (χ1n) is 8.46. The molecule has 3 N–H and O–H groups in total. The Morgan fingerprint density at radius 3 is 2.72 bits per heavy atom. The highest BCUT2D eigenvalue weighted by molar-refractivity contribution is 5.90. The molecule has 2 aromatic rings. The third kappa shape index (κ3) is 2.87. The molecule has 1 atom stereocenters. The Morgan fingerprint density at radius 2 is 1.92 bits per heavy atom. The molecule has 3 nitrogen and oxygen atoms in total. The van der Waals surface area contributed by atoms with Gasteiger partial charge in [0.2, 0.25) is 0 Å². The van der Waals surface area contributed by atoms with Crippen LogP contribution in [0.3, 0.4) is 0 Å². The summed E-state index contributed by atoms with van der Waals surface area (Å²) in [6.07, 6.45) is 7.63. The molecule has 1 unspecified atom stereocenters. The van der Waals surface area contributed by atoms with Gasteiger partial charge in [0, 0.05) is 0 Å². The third-order valence-electron chi connectivity index (χ3n) is 4.99. The lowest BCUT2D eigenvalue weighted by Gasteiger charge is -2.13. The van der Waals surface area contributed by atoms with E-state index in [0.29, 0.717) is 0 Å². The molecular weight excluding hydrogens is 312 g/mol. The topological polar surface area (TPSA) is 60.7 Å². The smallest absolute Gasteiger partial charge is 0.161 e. The molecule has 0 amide bonds. The van der Waals surface area contributed by atoms with E-state index >= 15 is 0 Å². The van der Waals surface area contributed by atoms with E-state index < -0.39 is 6.29 Å². The fraction of sp³-hybridized carbons (Fsp3) is 0.182. The molecule has 0 aliphatic heterocycles. The van der Waals surface area contributed by atoms with Crippen LogP contribution in [0.1, 0.15) is 40.2 Å². The quantitative estimate of drug-likeness (QED) is 0.751. The molecule has 2 aliphatic rings. The molecule has 3 heteroatoms. The average Bonchev–Trinajstić information content (AvgIpc) is 3.28. The van der Waals surface area contributed by atoms with Gasteiger partial charge >= 0.3 is 0 Å². The first-order valence-corrected chi connectivity index (χ1v) is 8.46. The van der Waals surface area contributed by atoms with Gasteiger partial charge in [-0.05, 0) is 51.5 Å². The number of hydrogen-bond donors (Lipinski definition) is 3. The van der Waals surface area contributed by atoms with E-state index in [1.165, 1.54) is 5.57 Å². The van der Waals surface area contributed by atoms with Crippen molar-refractivity contribution in [3.05, 3.63) is 88.5 Å². The zero-order chi connectivity index (χ0) is 17.4. The van der Waals surface area contributed by atoms with Gasteiger partial charge in [0.15, 0.2) is 6.29 Å². The maximum atomic E-state index is 9.54. The second-order valence-electron chi connectivity index (χ2n) is 6.49. The summed E-state index contributed by atoms with van der Waals surface area (Å²) in [7, 11) is 0. The lowest BCUT2D eigenvalue weighted by atomic mass is 9.96. The summed E-state index contributed by atoms with van der Waals surface area (Å²) >= 11 is 0. The van der Waals surface area contributed by atoms with Crippen LogP contribution in [0.25, 0.3) is 17.2 Å². The van der Waals surface area contributed by atoms with Gasteiger partial charge in [-0.3, -0.25) is 0 Å². The molecule has 2 aliphatic carbocycles. The van der Waals surface area contributed by atoms with Gasteiger partial charge in [-0.25, -0.2) is 0 Å². The van der Waals surface area contributed by atoms with Crippen LogP contribution in [0, 0.1) is 0 Å². The van der Waals surface area contributed by atoms with Crippen molar-refractivity contribution in [2.45, 2.75) is 25.2 Å². The third-order valence-corrected chi connectivity index (χ3v) is 4.99. The molecular formula is C22H20O3. The summed E-state index contributed by atoms with van der Waals surface area (Å²) in [5.41, 5.74) is 7.52. The van der Waals surface area contributed by atoms with E-state index in [4.69, 9.17) is 0 Å². The molecule has 0 aromatic heterocycles. The Bertz CT molecular complexity index is 903. The predicted octanol–water partition coefficient (Wildman–Crippen LogP) is 3.47. The molecule has 0 saturated heterocycles. The van der Waals surface area contributed by atoms with E-state index in [1.807, 2.05) is 48.6 Å². The van der Waals surface area contributed by atoms with Crippen molar-refractivity contribution in [3.8, 4) is 0 Å². The van der Waals surface area contributed by atoms with Gasteiger partial charge in [0.25, 0.3) is 0 Å². The largest absolute Gasteiger partial charge is 0.392 e. The molecule has 2 aromatic carbocycles. The lowest BCUT2D eigenvalue weighted by molar-refractivity contribution is -0.0490. The van der Waals surface area contributed by atoms with Gasteiger partial charge in [-0.2, -0.15) is 0 Å². The Kier molecular flexibility index (Phi) is 4.14. The predicted molar refractivity (Wildman–Crippen MR) is 99.4 cm³/mol. The molecule has 126 valence electrons. The van der Waals surface area contributed by atoms with E-state index in [2.05, 4.69) is 18.2 Å². The molecule has 0 heterocycles. The fourth-order valence-corrected chi connectivity index (χ4v) is 3.66. The van der Waals surface area contributed by atoms with E-state index in [-0.39, 0.29) is 12.5 Å². The number of allylic oxidation sites excluding steroid dienone is 4. The highest BCUT2D eigenvalue weighted by Crippen LogP contribution is 2.37. The zero-order valence-electron chi connectivity index (χ0n) is 13.8. The minimum absolute atomic E-state index is 0.0390. The van der Waals surface area contributed by atoms with Gasteiger partial charge < -0.3 is 15.3 Å². The van der Waals surface area contributed by atoms with Crippen molar-refractivity contribution in [1.82, 2.24) is 0 Å². The van der Waals surface area contributed by atoms with Crippen molar-refractivity contribution < 1.29 is 15.3 Å². The average molecular weight is 332 g/mol. The first kappa shape index (κ1) is 16.0. The van der Waals surface area contributed by atoms with E-state index in [1.54, 1.807) is 0 Å². The van der Waals surface area contributed by atoms with Gasteiger partial charge in [-0.1, -0.05) is 60.7 Å². The number of rotatable bonds is 4. The van der Waals surface area contributed by atoms with Crippen molar-refractivity contribution in [1.29, 1.82) is 0 Å². The summed E-state index contributed by atoms with van der Waals surface area (Å²) in [6, 6.07) is 14.0. The SMILES string of the molecule is OCc1ccccc1C1=CC(c2ccc3c(c2)C=CC3C(O)O)=CC1. The maximum absolute atomic E-state index is 9.54. The van der Waals surface area contributed by atoms with Crippen molar-refractivity contribution in [2.24, 2.45) is 0 Å². The zero-order valence-corrected chi connectivity index (χ0v) is 13.8. The summed E-state index contributed by atoms with van der Waals surface area (Å²) in [6.45, 7) is 0.0390. The maximum Gasteiger partial charge on any atom is 0.161 e. The van der Waals surface area contributed by atoms with Crippen LogP contribution in [-0.4, -0.2) is 21.6 Å². The van der Waals surface area contributed by atoms with Crippen LogP contribution in [-0.2, 0) is 6.61 Å². The van der Waals surface area contributed by atoms with E-state index in [9.17, 15) is 15.3 Å². The number of aliphatic hydroxyl groups excluding tert-OH is 2. The molecule has 25 heavy (non-hydrogen) atoms. The number of aliphatic hydroxyl groups is 3. The van der Waals surface area contributed by atoms with Crippen LogP contribution < -0.4 is 0 Å². The highest BCUT2D eigenvalue weighted by atomic mass is 16.5. The minimum Gasteiger partial charge on any atom is -0.392 e. The monoisotopic (exact) mass is 332 g/mol. The number of benzene rings is 2. The van der Waals surface area contributed by atoms with Crippen molar-refractivity contribution in [2.75, 3.05) is 0 Å². The Hall–Kier alpha value is -2.46. The second-order valence-corrected chi connectivity index (χ2v) is 6.49. The van der Waals surface area contributed by atoms with E-state index in [0.717, 1.165) is 39.8 Å². The minimum atomic E-state index is -1.37. The lowest BCUT2D eigenvalue weighted by Crippen LogP contribution is -2.14. The van der Waals surface area contributed by atoms with Gasteiger partial charge in [-0.15, -0.1) is 0 Å². The molecule has 0 spiro atoms. The van der Waals surface area contributed by atoms with Crippen LogP contribution in [0.15, 0.2) is 60.7 Å². The molecule has 0 bridgehead atoms. The Labute approximate surface area is 146 Å². The summed E-state index contributed by atoms with van der Waals surface area (Å²) in [5, 5.41) is 28.5. The number of fused-ring (bicyclic) bond motifs is 1. The van der Waals surface area contributed by atoms with Crippen LogP contribution >= 0.6 is 0 Å². The van der Waals surface area contributed by atoms with Crippen LogP contribution in [0.4, 0.5) is 0 Å². The summed E-state index contributed by atoms with van der Waals surface area (Å²) < 4.78 is 0.